The monoisotopic (exact) mass is 425 g/mol. The first-order chi connectivity index (χ1) is 13.8. The number of ether oxygens (including phenoxy) is 1. The van der Waals surface area contributed by atoms with E-state index in [1.807, 2.05) is 6.92 Å². The number of aryl methyl sites for hydroxylation is 3. The predicted octanol–water partition coefficient (Wildman–Crippen LogP) is 3.75. The van der Waals surface area contributed by atoms with Crippen LogP contribution in [0, 0.1) is 13.8 Å². The highest BCUT2D eigenvalue weighted by Gasteiger charge is 2.27. The number of aromatic nitrogens is 3. The highest BCUT2D eigenvalue weighted by atomic mass is 32.3. The van der Waals surface area contributed by atoms with Crippen LogP contribution >= 0.6 is 10.8 Å². The number of anilines is 1. The van der Waals surface area contributed by atoms with E-state index in [9.17, 15) is 9.11 Å². The molecule has 0 aliphatic carbocycles. The minimum Gasteiger partial charge on any atom is -0.382 e. The maximum atomic E-state index is 9.95. The lowest BCUT2D eigenvalue weighted by Gasteiger charge is -2.36. The number of hydrogen-bond donors (Lipinski definition) is 3. The number of nitrogens with two attached hydrogens (primary N) is 1. The van der Waals surface area contributed by atoms with Gasteiger partial charge < -0.3 is 15.0 Å². The van der Waals surface area contributed by atoms with Gasteiger partial charge in [-0.2, -0.15) is 0 Å². The lowest BCUT2D eigenvalue weighted by Crippen LogP contribution is -2.24. The van der Waals surface area contributed by atoms with Crippen molar-refractivity contribution in [2.45, 2.75) is 59.4 Å². The SMILES string of the molecule is CCCCc1nc2c(N)nc(C)c(C)c2n1CCOCCCN1CCCS1(O)O. The quantitative estimate of drug-likeness (QED) is 0.497. The van der Waals surface area contributed by atoms with Crippen LogP contribution in [-0.4, -0.2) is 60.0 Å². The van der Waals surface area contributed by atoms with Gasteiger partial charge in [-0.05, 0) is 38.7 Å². The summed E-state index contributed by atoms with van der Waals surface area (Å²) >= 11 is 0. The van der Waals surface area contributed by atoms with Crippen molar-refractivity contribution in [2.75, 3.05) is 37.8 Å². The van der Waals surface area contributed by atoms with Crippen molar-refractivity contribution in [3.8, 4) is 0 Å². The maximum absolute atomic E-state index is 9.95. The van der Waals surface area contributed by atoms with Gasteiger partial charge >= 0.3 is 0 Å². The highest BCUT2D eigenvalue weighted by Crippen LogP contribution is 2.48. The van der Waals surface area contributed by atoms with E-state index in [0.29, 0.717) is 31.3 Å². The van der Waals surface area contributed by atoms with Crippen molar-refractivity contribution in [1.82, 2.24) is 18.8 Å². The summed E-state index contributed by atoms with van der Waals surface area (Å²) in [6.45, 7) is 9.56. The third-order valence-electron chi connectivity index (χ3n) is 5.62. The molecule has 0 bridgehead atoms. The van der Waals surface area contributed by atoms with Crippen LogP contribution in [0.25, 0.3) is 11.0 Å². The lowest BCUT2D eigenvalue weighted by molar-refractivity contribution is 0.120. The number of rotatable bonds is 10. The molecule has 0 radical (unpaired) electrons. The summed E-state index contributed by atoms with van der Waals surface area (Å²) in [5, 5.41) is 0. The molecule has 0 spiro atoms. The Kier molecular flexibility index (Phi) is 7.39. The van der Waals surface area contributed by atoms with Crippen LogP contribution in [-0.2, 0) is 17.7 Å². The van der Waals surface area contributed by atoms with Crippen LogP contribution in [0.5, 0.6) is 0 Å². The molecule has 164 valence electrons. The van der Waals surface area contributed by atoms with Crippen molar-refractivity contribution >= 4 is 27.6 Å². The van der Waals surface area contributed by atoms with Crippen molar-refractivity contribution in [3.63, 3.8) is 0 Å². The van der Waals surface area contributed by atoms with Crippen LogP contribution in [0.4, 0.5) is 5.82 Å². The van der Waals surface area contributed by atoms with E-state index < -0.39 is 10.8 Å². The third-order valence-corrected chi connectivity index (χ3v) is 7.65. The van der Waals surface area contributed by atoms with Crippen LogP contribution < -0.4 is 5.73 Å². The van der Waals surface area contributed by atoms with Crippen molar-refractivity contribution < 1.29 is 13.8 Å². The van der Waals surface area contributed by atoms with Gasteiger partial charge in [-0.1, -0.05) is 13.3 Å². The summed E-state index contributed by atoms with van der Waals surface area (Å²) in [7, 11) is -2.52. The van der Waals surface area contributed by atoms with Gasteiger partial charge in [-0.25, -0.2) is 14.3 Å². The number of imidazole rings is 1. The lowest BCUT2D eigenvalue weighted by atomic mass is 10.2. The Hall–Kier alpha value is -1.39. The van der Waals surface area contributed by atoms with Crippen LogP contribution in [0.2, 0.25) is 0 Å². The molecule has 29 heavy (non-hydrogen) atoms. The molecule has 3 rings (SSSR count). The Balaban J connectivity index is 1.61. The molecule has 1 fully saturated rings. The minimum absolute atomic E-state index is 0.491. The van der Waals surface area contributed by atoms with Gasteiger partial charge in [-0.3, -0.25) is 9.11 Å². The third kappa shape index (κ3) is 5.03. The van der Waals surface area contributed by atoms with E-state index in [4.69, 9.17) is 15.5 Å². The molecule has 2 aromatic rings. The summed E-state index contributed by atoms with van der Waals surface area (Å²) in [6, 6.07) is 0. The fraction of sp³-hybridized carbons (Fsp3) is 0.700. The predicted molar refractivity (Wildman–Crippen MR) is 119 cm³/mol. The average Bonchev–Trinajstić information content (AvgIpc) is 3.21. The van der Waals surface area contributed by atoms with E-state index >= 15 is 0 Å². The number of pyridine rings is 1. The Bertz CT molecular complexity index is 839. The fourth-order valence-corrected chi connectivity index (χ4v) is 5.50. The van der Waals surface area contributed by atoms with Gasteiger partial charge in [0.15, 0.2) is 5.82 Å². The first-order valence-corrected chi connectivity index (χ1v) is 12.2. The zero-order chi connectivity index (χ0) is 21.0. The molecule has 8 nitrogen and oxygen atoms in total. The molecule has 0 unspecified atom stereocenters. The molecule has 0 amide bonds. The first-order valence-electron chi connectivity index (χ1n) is 10.6. The molecule has 0 saturated carbocycles. The minimum atomic E-state index is -2.52. The van der Waals surface area contributed by atoms with Gasteiger partial charge in [0.2, 0.25) is 0 Å². The molecule has 9 heteroatoms. The number of unbranched alkanes of at least 4 members (excludes halogenated alkanes) is 1. The Morgan fingerprint density at radius 3 is 2.62 bits per heavy atom. The van der Waals surface area contributed by atoms with E-state index in [-0.39, 0.29) is 0 Å². The first kappa shape index (κ1) is 22.3. The van der Waals surface area contributed by atoms with E-state index in [0.717, 1.165) is 73.3 Å². The van der Waals surface area contributed by atoms with Crippen molar-refractivity contribution in [2.24, 2.45) is 0 Å². The van der Waals surface area contributed by atoms with Gasteiger partial charge in [-0.15, -0.1) is 10.8 Å². The van der Waals surface area contributed by atoms with E-state index in [1.165, 1.54) is 0 Å². The molecule has 4 N–H and O–H groups in total. The summed E-state index contributed by atoms with van der Waals surface area (Å²) in [4.78, 5) is 9.23. The summed E-state index contributed by atoms with van der Waals surface area (Å²) in [6.07, 6.45) is 4.75. The second-order valence-electron chi connectivity index (χ2n) is 7.77. The van der Waals surface area contributed by atoms with Crippen LogP contribution in [0.3, 0.4) is 0 Å². The van der Waals surface area contributed by atoms with Crippen molar-refractivity contribution in [1.29, 1.82) is 0 Å². The number of hydrogen-bond acceptors (Lipinski definition) is 7. The number of fused-ring (bicyclic) bond motifs is 1. The van der Waals surface area contributed by atoms with E-state index in [1.54, 1.807) is 4.31 Å². The van der Waals surface area contributed by atoms with Crippen LogP contribution in [0.1, 0.15) is 49.7 Å². The molecule has 1 saturated heterocycles. The zero-order valence-corrected chi connectivity index (χ0v) is 18.7. The zero-order valence-electron chi connectivity index (χ0n) is 17.9. The van der Waals surface area contributed by atoms with Gasteiger partial charge in [0.05, 0.1) is 17.9 Å². The second-order valence-corrected chi connectivity index (χ2v) is 9.96. The van der Waals surface area contributed by atoms with Gasteiger partial charge in [0.1, 0.15) is 11.3 Å². The van der Waals surface area contributed by atoms with Crippen LogP contribution in [0.15, 0.2) is 0 Å². The number of nitrogen functional groups attached to an aromatic ring is 1. The maximum Gasteiger partial charge on any atom is 0.151 e. The number of nitrogens with zero attached hydrogens (tertiary/aromatic N) is 4. The molecule has 2 aromatic heterocycles. The van der Waals surface area contributed by atoms with Gasteiger partial charge in [0, 0.05) is 38.4 Å². The normalized spacial score (nSPS) is 18.0. The topological polar surface area (TPSA) is 110 Å². The summed E-state index contributed by atoms with van der Waals surface area (Å²) in [5.41, 5.74) is 10.1. The van der Waals surface area contributed by atoms with Crippen molar-refractivity contribution in [3.05, 3.63) is 17.1 Å². The Morgan fingerprint density at radius 2 is 1.93 bits per heavy atom. The van der Waals surface area contributed by atoms with E-state index in [2.05, 4.69) is 23.4 Å². The summed E-state index contributed by atoms with van der Waals surface area (Å²) < 4.78 is 29.8. The van der Waals surface area contributed by atoms with Gasteiger partial charge in [0.25, 0.3) is 0 Å². The standard InChI is InChI=1S/C20H35N5O3S/c1-4-5-8-17-23-18-19(15(2)16(3)22-20(18)21)25(17)11-13-28-12-6-9-24-10-7-14-29(24,26)27/h26-27H,4-14H2,1-3H3,(H2,21,22). The summed E-state index contributed by atoms with van der Waals surface area (Å²) in [5.74, 6) is 2.03. The molecule has 0 aromatic carbocycles. The molecule has 0 atom stereocenters. The molecule has 1 aliphatic heterocycles. The second kappa shape index (κ2) is 9.61. The fourth-order valence-electron chi connectivity index (χ4n) is 3.88. The molecule has 1 aliphatic rings. The average molecular weight is 426 g/mol. The highest BCUT2D eigenvalue weighted by molar-refractivity contribution is 8.22. The smallest absolute Gasteiger partial charge is 0.151 e. The Labute approximate surface area is 174 Å². The molecular formula is C20H35N5O3S. The Morgan fingerprint density at radius 1 is 1.14 bits per heavy atom. The largest absolute Gasteiger partial charge is 0.382 e. The molecule has 3 heterocycles. The molecular weight excluding hydrogens is 390 g/mol.